The zero-order valence-electron chi connectivity index (χ0n) is 18.6. The third kappa shape index (κ3) is 7.04. The highest BCUT2D eigenvalue weighted by Gasteiger charge is 2.27. The lowest BCUT2D eigenvalue weighted by Crippen LogP contribution is -2.13. The van der Waals surface area contributed by atoms with Gasteiger partial charge in [0, 0.05) is 35.3 Å². The number of carbonyl (C=O) groups excluding carboxylic acids is 1. The van der Waals surface area contributed by atoms with Gasteiger partial charge in [-0.1, -0.05) is 47.1 Å². The van der Waals surface area contributed by atoms with Gasteiger partial charge in [-0.3, -0.25) is 19.9 Å². The fraction of sp³-hybridized carbons (Fsp3) is 0.478. The first kappa shape index (κ1) is 26.4. The van der Waals surface area contributed by atoms with Gasteiger partial charge in [-0.05, 0) is 32.4 Å². The summed E-state index contributed by atoms with van der Waals surface area (Å²) in [5.41, 5.74) is 1.17. The normalized spacial score (nSPS) is 15.3. The maximum Gasteiger partial charge on any atom is 0.270 e. The number of nitro groups is 1. The van der Waals surface area contributed by atoms with E-state index < -0.39 is 10.7 Å². The molecule has 1 aliphatic heterocycles. The second kappa shape index (κ2) is 13.5. The molecule has 0 radical (unpaired) electrons. The van der Waals surface area contributed by atoms with Crippen molar-refractivity contribution in [1.82, 2.24) is 0 Å². The van der Waals surface area contributed by atoms with Crippen molar-refractivity contribution in [2.24, 2.45) is 4.99 Å². The Kier molecular flexibility index (Phi) is 12.3. The Morgan fingerprint density at radius 2 is 1.90 bits per heavy atom. The molecule has 1 aliphatic rings. The molecule has 2 rings (SSSR count). The lowest BCUT2D eigenvalue weighted by atomic mass is 9.92. The third-order valence-corrected chi connectivity index (χ3v) is 4.05. The van der Waals surface area contributed by atoms with Crippen molar-refractivity contribution in [2.75, 3.05) is 0 Å². The van der Waals surface area contributed by atoms with E-state index in [-0.39, 0.29) is 23.1 Å². The van der Waals surface area contributed by atoms with Crippen molar-refractivity contribution < 1.29 is 14.1 Å². The number of halogens is 1. The number of hydrogen-bond donors (Lipinski definition) is 0. The number of rotatable bonds is 7. The number of nitrogens with zero attached hydrogens (tertiary/aromatic N) is 2. The minimum absolute atomic E-state index is 0.0323. The van der Waals surface area contributed by atoms with Gasteiger partial charge in [-0.15, -0.1) is 0 Å². The largest absolute Gasteiger partial charge is 0.294 e. The van der Waals surface area contributed by atoms with E-state index in [0.717, 1.165) is 25.0 Å². The molecule has 160 valence electrons. The molecule has 0 aliphatic carbocycles. The maximum atomic E-state index is 14.3. The summed E-state index contributed by atoms with van der Waals surface area (Å²) in [6.45, 7) is 13.5. The average molecular weight is 405 g/mol. The van der Waals surface area contributed by atoms with E-state index in [1.54, 1.807) is 19.1 Å². The molecule has 1 heterocycles. The third-order valence-electron chi connectivity index (χ3n) is 4.05. The molecule has 1 aromatic rings. The average Bonchev–Trinajstić information content (AvgIpc) is 3.12. The van der Waals surface area contributed by atoms with E-state index in [0.29, 0.717) is 23.3 Å². The molecule has 0 saturated carbocycles. The number of non-ortho nitro benzene ring substituents is 1. The van der Waals surface area contributed by atoms with Gasteiger partial charge in [-0.2, -0.15) is 0 Å². The van der Waals surface area contributed by atoms with Gasteiger partial charge in [0.05, 0.1) is 16.7 Å². The second-order valence-electron chi connectivity index (χ2n) is 5.95. The molecule has 1 atom stereocenters. The summed E-state index contributed by atoms with van der Waals surface area (Å²) in [6, 6.07) is 3.18. The van der Waals surface area contributed by atoms with Gasteiger partial charge in [0.2, 0.25) is 0 Å². The van der Waals surface area contributed by atoms with Crippen LogP contribution in [0, 0.1) is 15.9 Å². The summed E-state index contributed by atoms with van der Waals surface area (Å²) >= 11 is 0. The van der Waals surface area contributed by atoms with Crippen LogP contribution in [-0.2, 0) is 4.79 Å². The van der Waals surface area contributed by atoms with Crippen molar-refractivity contribution in [3.8, 4) is 0 Å². The number of Topliss-reactive ketones (excluding diaryl/α,β-unsaturated/α-hetero) is 1. The maximum absolute atomic E-state index is 14.3. The summed E-state index contributed by atoms with van der Waals surface area (Å²) < 4.78 is 14.3. The number of ketones is 1. The first-order valence-electron chi connectivity index (χ1n) is 10.3. The summed E-state index contributed by atoms with van der Waals surface area (Å²) in [6.07, 6.45) is 5.49. The zero-order chi connectivity index (χ0) is 22.6. The Balaban J connectivity index is 0.00000184. The smallest absolute Gasteiger partial charge is 0.270 e. The second-order valence-corrected chi connectivity index (χ2v) is 5.95. The van der Waals surface area contributed by atoms with E-state index in [2.05, 4.69) is 4.99 Å². The van der Waals surface area contributed by atoms with E-state index >= 15 is 0 Å². The molecule has 29 heavy (non-hydrogen) atoms. The number of unbranched alkanes of at least 4 members (excludes halogenated alkanes) is 1. The Morgan fingerprint density at radius 1 is 1.28 bits per heavy atom. The SMILES string of the molecule is C/C=C(\C1=NC(C)C=C1C(=O)CCCC)c1cc([N+](=O)[O-])ccc1F.CC.CC. The van der Waals surface area contributed by atoms with Crippen LogP contribution < -0.4 is 0 Å². The lowest BCUT2D eigenvalue weighted by Gasteiger charge is -2.12. The Bertz CT molecular complexity index is 795. The molecule has 0 bridgehead atoms. The van der Waals surface area contributed by atoms with Crippen LogP contribution in [0.3, 0.4) is 0 Å². The molecule has 0 fully saturated rings. The molecular weight excluding hydrogens is 371 g/mol. The summed E-state index contributed by atoms with van der Waals surface area (Å²) in [7, 11) is 0. The number of aliphatic imine (C=N–C) groups is 1. The van der Waals surface area contributed by atoms with Crippen LogP contribution >= 0.6 is 0 Å². The molecule has 1 unspecified atom stereocenters. The summed E-state index contributed by atoms with van der Waals surface area (Å²) in [4.78, 5) is 27.4. The fourth-order valence-corrected chi connectivity index (χ4v) is 2.80. The minimum Gasteiger partial charge on any atom is -0.294 e. The molecule has 0 spiro atoms. The van der Waals surface area contributed by atoms with Crippen molar-refractivity contribution in [2.45, 2.75) is 73.8 Å². The number of carbonyl (C=O) groups is 1. The Hall–Kier alpha value is -2.63. The van der Waals surface area contributed by atoms with Crippen LogP contribution in [0.5, 0.6) is 0 Å². The van der Waals surface area contributed by atoms with Crippen molar-refractivity contribution >= 4 is 22.8 Å². The van der Waals surface area contributed by atoms with Gasteiger partial charge in [-0.25, -0.2) is 4.39 Å². The van der Waals surface area contributed by atoms with Gasteiger partial charge in [0.1, 0.15) is 5.82 Å². The summed E-state index contributed by atoms with van der Waals surface area (Å²) in [5, 5.41) is 11.0. The van der Waals surface area contributed by atoms with Gasteiger partial charge >= 0.3 is 0 Å². The fourth-order valence-electron chi connectivity index (χ4n) is 2.80. The van der Waals surface area contributed by atoms with Crippen molar-refractivity contribution in [3.63, 3.8) is 0 Å². The van der Waals surface area contributed by atoms with Crippen LogP contribution in [0.4, 0.5) is 10.1 Å². The van der Waals surface area contributed by atoms with Crippen LogP contribution in [-0.4, -0.2) is 22.5 Å². The number of benzene rings is 1. The Morgan fingerprint density at radius 3 is 2.41 bits per heavy atom. The number of nitro benzene ring substituents is 1. The first-order chi connectivity index (χ1) is 13.9. The molecule has 1 aromatic carbocycles. The van der Waals surface area contributed by atoms with Crippen LogP contribution in [0.25, 0.3) is 5.57 Å². The van der Waals surface area contributed by atoms with Crippen molar-refractivity contribution in [1.29, 1.82) is 0 Å². The molecule has 0 amide bonds. The Labute approximate surface area is 173 Å². The molecule has 0 saturated heterocycles. The minimum atomic E-state index is -0.582. The molecule has 5 nitrogen and oxygen atoms in total. The van der Waals surface area contributed by atoms with E-state index in [4.69, 9.17) is 0 Å². The molecular formula is C23H33FN2O3. The molecule has 6 heteroatoms. The highest BCUT2D eigenvalue weighted by Crippen LogP contribution is 2.30. The van der Waals surface area contributed by atoms with Gasteiger partial charge in [0.25, 0.3) is 5.69 Å². The first-order valence-corrected chi connectivity index (χ1v) is 10.3. The van der Waals surface area contributed by atoms with E-state index in [9.17, 15) is 19.3 Å². The predicted molar refractivity (Wildman–Crippen MR) is 119 cm³/mol. The van der Waals surface area contributed by atoms with Crippen LogP contribution in [0.15, 0.2) is 40.9 Å². The van der Waals surface area contributed by atoms with Gasteiger partial charge in [0.15, 0.2) is 5.78 Å². The summed E-state index contributed by atoms with van der Waals surface area (Å²) in [5.74, 6) is -0.614. The van der Waals surface area contributed by atoms with Crippen LogP contribution in [0.2, 0.25) is 0 Å². The van der Waals surface area contributed by atoms with E-state index in [1.165, 1.54) is 6.07 Å². The molecule has 0 aromatic heterocycles. The van der Waals surface area contributed by atoms with Crippen molar-refractivity contribution in [3.05, 3.63) is 57.4 Å². The molecule has 0 N–H and O–H groups in total. The highest BCUT2D eigenvalue weighted by molar-refractivity contribution is 6.41. The standard InChI is InChI=1S/C19H21FN2O3.2C2H6/c1-4-6-7-18(23)16-10-12(3)21-19(16)14(5-2)15-11-13(22(24)25)8-9-17(15)20;2*1-2/h5,8-12H,4,6-7H2,1-3H3;2*1-2H3/b14-5-;;. The highest BCUT2D eigenvalue weighted by atomic mass is 19.1. The topological polar surface area (TPSA) is 72.6 Å². The quantitative estimate of drug-likeness (QED) is 0.374. The zero-order valence-corrected chi connectivity index (χ0v) is 18.6. The van der Waals surface area contributed by atoms with Gasteiger partial charge < -0.3 is 0 Å². The number of hydrogen-bond acceptors (Lipinski definition) is 4. The lowest BCUT2D eigenvalue weighted by molar-refractivity contribution is -0.384. The predicted octanol–water partition coefficient (Wildman–Crippen LogP) is 6.72. The number of allylic oxidation sites excluding steroid dienone is 3. The van der Waals surface area contributed by atoms with Crippen LogP contribution in [0.1, 0.15) is 73.3 Å². The monoisotopic (exact) mass is 404 g/mol. The van der Waals surface area contributed by atoms with E-state index in [1.807, 2.05) is 41.5 Å².